The molecule has 2 amide bonds. The topological polar surface area (TPSA) is 207 Å². The van der Waals surface area contributed by atoms with Gasteiger partial charge in [-0.1, -0.05) is 78.1 Å². The van der Waals surface area contributed by atoms with Crippen LogP contribution in [0.25, 0.3) is 0 Å². The van der Waals surface area contributed by atoms with Gasteiger partial charge in [-0.3, -0.25) is 9.59 Å². The van der Waals surface area contributed by atoms with Gasteiger partial charge in [0, 0.05) is 13.1 Å². The van der Waals surface area contributed by atoms with Crippen LogP contribution in [-0.2, 0) is 23.8 Å². The number of aliphatic hydroxyl groups excluding tert-OH is 6. The van der Waals surface area contributed by atoms with Crippen LogP contribution in [0.3, 0.4) is 0 Å². The third-order valence-corrected chi connectivity index (χ3v) is 7.58. The fraction of sp³-hybridized carbons (Fsp3) is 0.929. The SMILES string of the molecule is CCCCCCCCNC(=O)[C@H]1O[C@H](OC2O[C@H](C(=O)NCCCCCCCC)[C@@H](O)[C@H](O)[C@H]2O)[C@H](O)[C@H](O)[C@@H]1O. The number of hydrogen-bond donors (Lipinski definition) is 8. The molecule has 13 heteroatoms. The van der Waals surface area contributed by atoms with Crippen molar-refractivity contribution in [3.63, 3.8) is 0 Å². The minimum Gasteiger partial charge on any atom is -0.387 e. The summed E-state index contributed by atoms with van der Waals surface area (Å²) in [5.41, 5.74) is 0. The highest BCUT2D eigenvalue weighted by molar-refractivity contribution is 5.82. The van der Waals surface area contributed by atoms with E-state index in [0.29, 0.717) is 25.9 Å². The zero-order valence-electron chi connectivity index (χ0n) is 24.4. The van der Waals surface area contributed by atoms with Crippen molar-refractivity contribution in [3.05, 3.63) is 0 Å². The minimum atomic E-state index is -1.85. The Balaban J connectivity index is 1.92. The molecule has 2 fully saturated rings. The summed E-state index contributed by atoms with van der Waals surface area (Å²) in [5.74, 6) is -1.45. The number of rotatable bonds is 18. The molecule has 41 heavy (non-hydrogen) atoms. The average Bonchev–Trinajstić information content (AvgIpc) is 2.96. The van der Waals surface area contributed by atoms with E-state index in [1.54, 1.807) is 0 Å². The normalized spacial score (nSPS) is 33.9. The van der Waals surface area contributed by atoms with Crippen molar-refractivity contribution in [2.45, 2.75) is 152 Å². The third kappa shape index (κ3) is 11.0. The summed E-state index contributed by atoms with van der Waals surface area (Å²) < 4.78 is 16.4. The Kier molecular flexibility index (Phi) is 16.6. The average molecular weight is 593 g/mol. The maximum atomic E-state index is 12.7. The molecule has 10 atom stereocenters. The van der Waals surface area contributed by atoms with Crippen LogP contribution in [0.5, 0.6) is 0 Å². The molecule has 2 heterocycles. The van der Waals surface area contributed by atoms with Gasteiger partial charge < -0.3 is 55.5 Å². The van der Waals surface area contributed by atoms with Gasteiger partial charge in [0.1, 0.15) is 36.6 Å². The van der Waals surface area contributed by atoms with Gasteiger partial charge in [-0.05, 0) is 12.8 Å². The second-order valence-electron chi connectivity index (χ2n) is 11.0. The van der Waals surface area contributed by atoms with Gasteiger partial charge in [-0.25, -0.2) is 0 Å². The van der Waals surface area contributed by atoms with E-state index >= 15 is 0 Å². The Morgan fingerprint density at radius 1 is 0.537 bits per heavy atom. The van der Waals surface area contributed by atoms with Crippen LogP contribution in [0.4, 0.5) is 0 Å². The van der Waals surface area contributed by atoms with Crippen molar-refractivity contribution in [1.29, 1.82) is 0 Å². The van der Waals surface area contributed by atoms with Crippen LogP contribution in [0, 0.1) is 0 Å². The largest absolute Gasteiger partial charge is 0.387 e. The number of hydrogen-bond acceptors (Lipinski definition) is 11. The van der Waals surface area contributed by atoms with E-state index in [9.17, 15) is 40.2 Å². The van der Waals surface area contributed by atoms with Crippen molar-refractivity contribution in [2.24, 2.45) is 0 Å². The summed E-state index contributed by atoms with van der Waals surface area (Å²) in [4.78, 5) is 25.4. The van der Waals surface area contributed by atoms with Crippen LogP contribution in [0.2, 0.25) is 0 Å². The molecular formula is C28H52N2O11. The number of carbonyl (C=O) groups excluding carboxylic acids is 2. The third-order valence-electron chi connectivity index (χ3n) is 7.58. The number of amides is 2. The zero-order valence-corrected chi connectivity index (χ0v) is 24.4. The molecule has 0 radical (unpaired) electrons. The molecule has 0 aromatic heterocycles. The molecule has 2 aliphatic heterocycles. The fourth-order valence-corrected chi connectivity index (χ4v) is 4.92. The van der Waals surface area contributed by atoms with Crippen LogP contribution in [0.15, 0.2) is 0 Å². The molecule has 240 valence electrons. The Bertz CT molecular complexity index is 701. The van der Waals surface area contributed by atoms with E-state index in [2.05, 4.69) is 24.5 Å². The molecule has 0 saturated carbocycles. The van der Waals surface area contributed by atoms with Gasteiger partial charge in [0.15, 0.2) is 24.8 Å². The van der Waals surface area contributed by atoms with Crippen LogP contribution in [-0.4, -0.2) is 117 Å². The maximum Gasteiger partial charge on any atom is 0.252 e. The number of ether oxygens (including phenoxy) is 3. The van der Waals surface area contributed by atoms with Crippen LogP contribution < -0.4 is 10.6 Å². The van der Waals surface area contributed by atoms with E-state index < -0.39 is 73.2 Å². The summed E-state index contributed by atoms with van der Waals surface area (Å²) in [6.07, 6.45) is -5.56. The predicted octanol–water partition coefficient (Wildman–Crippen LogP) is -0.428. The summed E-state index contributed by atoms with van der Waals surface area (Å²) in [5, 5.41) is 67.5. The Morgan fingerprint density at radius 3 is 1.24 bits per heavy atom. The Labute approximate surface area is 242 Å². The lowest BCUT2D eigenvalue weighted by Crippen LogP contribution is -2.66. The monoisotopic (exact) mass is 592 g/mol. The first-order valence-electron chi connectivity index (χ1n) is 15.2. The second-order valence-corrected chi connectivity index (χ2v) is 11.0. The van der Waals surface area contributed by atoms with E-state index in [1.807, 2.05) is 0 Å². The highest BCUT2D eigenvalue weighted by atomic mass is 16.8. The van der Waals surface area contributed by atoms with Gasteiger partial charge >= 0.3 is 0 Å². The molecule has 0 bridgehead atoms. The summed E-state index contributed by atoms with van der Waals surface area (Å²) in [6.45, 7) is 4.90. The van der Waals surface area contributed by atoms with E-state index in [0.717, 1.165) is 64.2 Å². The fourth-order valence-electron chi connectivity index (χ4n) is 4.92. The van der Waals surface area contributed by atoms with Crippen molar-refractivity contribution < 1.29 is 54.4 Å². The second kappa shape index (κ2) is 19.0. The molecule has 0 aromatic rings. The predicted molar refractivity (Wildman–Crippen MR) is 147 cm³/mol. The first-order chi connectivity index (χ1) is 19.6. The van der Waals surface area contributed by atoms with Crippen molar-refractivity contribution in [1.82, 2.24) is 10.6 Å². The van der Waals surface area contributed by atoms with Crippen LogP contribution in [0.1, 0.15) is 90.9 Å². The highest BCUT2D eigenvalue weighted by Gasteiger charge is 2.52. The summed E-state index contributed by atoms with van der Waals surface area (Å²) in [7, 11) is 0. The molecule has 2 rings (SSSR count). The summed E-state index contributed by atoms with van der Waals surface area (Å²) in [6, 6.07) is 0. The van der Waals surface area contributed by atoms with Crippen molar-refractivity contribution in [2.75, 3.05) is 13.1 Å². The smallest absolute Gasteiger partial charge is 0.252 e. The zero-order chi connectivity index (χ0) is 30.4. The van der Waals surface area contributed by atoms with Gasteiger partial charge in [0.05, 0.1) is 0 Å². The molecular weight excluding hydrogens is 540 g/mol. The molecule has 1 unspecified atom stereocenters. The number of aliphatic hydroxyl groups is 6. The molecule has 2 aliphatic rings. The van der Waals surface area contributed by atoms with E-state index in [4.69, 9.17) is 14.2 Å². The van der Waals surface area contributed by atoms with Gasteiger partial charge in [-0.2, -0.15) is 0 Å². The van der Waals surface area contributed by atoms with Crippen LogP contribution >= 0.6 is 0 Å². The highest BCUT2D eigenvalue weighted by Crippen LogP contribution is 2.28. The van der Waals surface area contributed by atoms with Gasteiger partial charge in [-0.15, -0.1) is 0 Å². The first kappa shape index (κ1) is 35.8. The maximum absolute atomic E-state index is 12.7. The molecule has 13 nitrogen and oxygen atoms in total. The lowest BCUT2D eigenvalue weighted by molar-refractivity contribution is -0.366. The molecule has 0 aromatic carbocycles. The standard InChI is InChI=1S/C28H52N2O11/c1-3-5-7-9-11-13-15-29-25(37)23-19(33)17(31)21(35)27(39-23)41-28-22(36)18(32)20(34)24(40-28)26(38)30-16-14-12-10-8-6-4-2/h17-24,27-28,31-36H,3-16H2,1-2H3,(H,29,37)(H,30,38)/t17-,18+,19-,20-,21+,22+,23-,24-,27?,28+/m0/s1. The lowest BCUT2D eigenvalue weighted by atomic mass is 9.97. The molecule has 8 N–H and O–H groups in total. The number of carbonyl (C=O) groups is 2. The van der Waals surface area contributed by atoms with Crippen molar-refractivity contribution in [3.8, 4) is 0 Å². The van der Waals surface area contributed by atoms with Crippen molar-refractivity contribution >= 4 is 11.8 Å². The van der Waals surface area contributed by atoms with E-state index in [-0.39, 0.29) is 0 Å². The number of unbranched alkanes of at least 4 members (excludes halogenated alkanes) is 10. The summed E-state index contributed by atoms with van der Waals surface area (Å²) >= 11 is 0. The first-order valence-corrected chi connectivity index (χ1v) is 15.2. The van der Waals surface area contributed by atoms with Gasteiger partial charge in [0.2, 0.25) is 0 Å². The lowest BCUT2D eigenvalue weighted by Gasteiger charge is -2.44. The molecule has 0 spiro atoms. The van der Waals surface area contributed by atoms with E-state index in [1.165, 1.54) is 0 Å². The number of nitrogens with one attached hydrogen (secondary N) is 2. The Morgan fingerprint density at radius 2 is 0.878 bits per heavy atom. The van der Waals surface area contributed by atoms with Gasteiger partial charge in [0.25, 0.3) is 11.8 Å². The molecule has 0 aliphatic carbocycles. The Hall–Kier alpha value is -1.42. The molecule has 2 saturated heterocycles. The minimum absolute atomic E-state index is 0.325. The quantitative estimate of drug-likeness (QED) is 0.0958.